The number of hydrogen-bond donors (Lipinski definition) is 2. The average Bonchev–Trinajstić information content (AvgIpc) is 3.83. The third kappa shape index (κ3) is 3.95. The molecule has 0 unspecified atom stereocenters. The van der Waals surface area contributed by atoms with Crippen LogP contribution in [0.2, 0.25) is 0 Å². The molecule has 0 radical (unpaired) electrons. The van der Waals surface area contributed by atoms with Crippen molar-refractivity contribution >= 4 is 28.3 Å². The van der Waals surface area contributed by atoms with Gasteiger partial charge >= 0.3 is 6.09 Å². The second-order valence-corrected chi connectivity index (χ2v) is 13.1. The van der Waals surface area contributed by atoms with E-state index in [1.165, 1.54) is 12.1 Å². The quantitative estimate of drug-likeness (QED) is 0.227. The molecule has 0 aliphatic carbocycles. The van der Waals surface area contributed by atoms with Crippen molar-refractivity contribution in [2.75, 3.05) is 18.0 Å². The SMILES string of the molecule is CC(C)(C)[C@]12C[C@@H](CN1C(=O)O)N(c1ccc(-c3ccnc4c(-c5ccc(F)c6[nH]ncc56)c(-c5ccncc5)nn34)c(F)c1)C2. The largest absolute Gasteiger partial charge is 0.465 e. The number of halogens is 2. The second kappa shape index (κ2) is 9.80. The summed E-state index contributed by atoms with van der Waals surface area (Å²) < 4.78 is 32.5. The summed E-state index contributed by atoms with van der Waals surface area (Å²) in [6.07, 6.45) is 6.29. The molecule has 2 saturated heterocycles. The van der Waals surface area contributed by atoms with Crippen LogP contribution in [0.3, 0.4) is 0 Å². The van der Waals surface area contributed by atoms with Crippen LogP contribution in [-0.2, 0) is 0 Å². The Bertz CT molecular complexity index is 2170. The number of H-pyrrole nitrogens is 1. The third-order valence-corrected chi connectivity index (χ3v) is 9.85. The molecule has 232 valence electrons. The van der Waals surface area contributed by atoms with E-state index in [0.717, 1.165) is 5.56 Å². The van der Waals surface area contributed by atoms with Crippen molar-refractivity contribution in [3.05, 3.63) is 85.0 Å². The van der Waals surface area contributed by atoms with E-state index in [4.69, 9.17) is 5.10 Å². The molecule has 4 aromatic heterocycles. The van der Waals surface area contributed by atoms with Gasteiger partial charge in [-0.25, -0.2) is 23.1 Å². The fourth-order valence-corrected chi connectivity index (χ4v) is 7.45. The van der Waals surface area contributed by atoms with Crippen molar-refractivity contribution in [1.29, 1.82) is 0 Å². The second-order valence-electron chi connectivity index (χ2n) is 13.1. The lowest BCUT2D eigenvalue weighted by atomic mass is 9.73. The van der Waals surface area contributed by atoms with Crippen LogP contribution in [0.15, 0.2) is 73.3 Å². The number of hydrogen-bond acceptors (Lipinski definition) is 6. The van der Waals surface area contributed by atoms with Gasteiger partial charge < -0.3 is 10.0 Å². The molecule has 0 spiro atoms. The lowest BCUT2D eigenvalue weighted by molar-refractivity contribution is 0.0363. The first-order valence-corrected chi connectivity index (χ1v) is 15.0. The Balaban J connectivity index is 1.25. The Morgan fingerprint density at radius 1 is 1.02 bits per heavy atom. The first-order chi connectivity index (χ1) is 22.1. The number of carbonyl (C=O) groups is 1. The summed E-state index contributed by atoms with van der Waals surface area (Å²) in [6.45, 7) is 7.06. The van der Waals surface area contributed by atoms with E-state index >= 15 is 4.39 Å². The zero-order chi connectivity index (χ0) is 32.0. The maximum Gasteiger partial charge on any atom is 0.407 e. The van der Waals surface area contributed by atoms with Crippen LogP contribution >= 0.6 is 0 Å². The summed E-state index contributed by atoms with van der Waals surface area (Å²) >= 11 is 0. The Labute approximate surface area is 262 Å². The van der Waals surface area contributed by atoms with E-state index in [2.05, 4.69) is 45.8 Å². The Morgan fingerprint density at radius 2 is 1.80 bits per heavy atom. The van der Waals surface area contributed by atoms with E-state index < -0.39 is 23.3 Å². The molecule has 10 nitrogen and oxygen atoms in total. The van der Waals surface area contributed by atoms with Crippen molar-refractivity contribution in [2.45, 2.75) is 38.8 Å². The van der Waals surface area contributed by atoms with Crippen LogP contribution in [-0.4, -0.2) is 70.5 Å². The third-order valence-electron chi connectivity index (χ3n) is 9.85. The Hall–Kier alpha value is -5.39. The lowest BCUT2D eigenvalue weighted by Crippen LogP contribution is -2.61. The van der Waals surface area contributed by atoms with E-state index in [-0.39, 0.29) is 17.0 Å². The Kier molecular flexibility index (Phi) is 5.99. The van der Waals surface area contributed by atoms with Gasteiger partial charge in [-0.3, -0.25) is 15.0 Å². The smallest absolute Gasteiger partial charge is 0.407 e. The van der Waals surface area contributed by atoms with Crippen molar-refractivity contribution in [3.8, 4) is 33.6 Å². The van der Waals surface area contributed by atoms with Gasteiger partial charge in [-0.15, -0.1) is 0 Å². The van der Waals surface area contributed by atoms with Crippen molar-refractivity contribution in [2.24, 2.45) is 5.41 Å². The predicted molar refractivity (Wildman–Crippen MR) is 169 cm³/mol. The Morgan fingerprint density at radius 3 is 2.54 bits per heavy atom. The molecule has 2 aliphatic rings. The number of likely N-dealkylation sites (tertiary alicyclic amines) is 1. The summed E-state index contributed by atoms with van der Waals surface area (Å²) in [5.41, 5.74) is 4.10. The molecule has 8 rings (SSSR count). The van der Waals surface area contributed by atoms with Gasteiger partial charge in [0.25, 0.3) is 0 Å². The average molecular weight is 621 g/mol. The fourth-order valence-electron chi connectivity index (χ4n) is 7.45. The zero-order valence-electron chi connectivity index (χ0n) is 25.4. The molecule has 1 amide bonds. The number of anilines is 1. The van der Waals surface area contributed by atoms with Crippen LogP contribution < -0.4 is 4.90 Å². The van der Waals surface area contributed by atoms with E-state index in [1.54, 1.807) is 52.4 Å². The van der Waals surface area contributed by atoms with Crippen LogP contribution in [0.5, 0.6) is 0 Å². The molecule has 6 heterocycles. The molecule has 2 fully saturated rings. The minimum Gasteiger partial charge on any atom is -0.465 e. The highest BCUT2D eigenvalue weighted by Crippen LogP contribution is 2.51. The molecule has 6 aromatic rings. The van der Waals surface area contributed by atoms with Crippen molar-refractivity contribution < 1.29 is 18.7 Å². The molecular formula is C34H30F2N8O2. The normalized spacial score (nSPS) is 19.5. The molecule has 2 atom stereocenters. The molecule has 46 heavy (non-hydrogen) atoms. The predicted octanol–water partition coefficient (Wildman–Crippen LogP) is 6.64. The molecule has 2 aliphatic heterocycles. The number of pyridine rings is 1. The summed E-state index contributed by atoms with van der Waals surface area (Å²) in [5, 5.41) is 22.3. The number of nitrogens with one attached hydrogen (secondary N) is 1. The highest BCUT2D eigenvalue weighted by Gasteiger charge is 2.61. The minimum atomic E-state index is -0.917. The number of rotatable bonds is 4. The van der Waals surface area contributed by atoms with E-state index in [9.17, 15) is 14.3 Å². The minimum absolute atomic E-state index is 0.0414. The molecular weight excluding hydrogens is 590 g/mol. The van der Waals surface area contributed by atoms with Crippen molar-refractivity contribution in [3.63, 3.8) is 0 Å². The van der Waals surface area contributed by atoms with Gasteiger partial charge in [-0.05, 0) is 59.9 Å². The van der Waals surface area contributed by atoms with Gasteiger partial charge in [-0.2, -0.15) is 10.2 Å². The van der Waals surface area contributed by atoms with Gasteiger partial charge in [0.2, 0.25) is 0 Å². The lowest BCUT2D eigenvalue weighted by Gasteiger charge is -2.48. The molecule has 2 bridgehead atoms. The van der Waals surface area contributed by atoms with Gasteiger partial charge in [0.15, 0.2) is 5.65 Å². The fraction of sp³-hybridized carbons (Fsp3) is 0.265. The highest BCUT2D eigenvalue weighted by molar-refractivity contribution is 6.03. The van der Waals surface area contributed by atoms with Crippen LogP contribution in [0.1, 0.15) is 27.2 Å². The molecule has 2 N–H and O–H groups in total. The first kappa shape index (κ1) is 28.1. The van der Waals surface area contributed by atoms with Crippen molar-refractivity contribution in [1.82, 2.24) is 34.7 Å². The molecule has 12 heteroatoms. The first-order valence-electron chi connectivity index (χ1n) is 15.0. The van der Waals surface area contributed by atoms with E-state index in [0.29, 0.717) is 64.3 Å². The van der Waals surface area contributed by atoms with Gasteiger partial charge in [0.05, 0.1) is 23.0 Å². The number of benzene rings is 2. The van der Waals surface area contributed by atoms with Gasteiger partial charge in [-0.1, -0.05) is 26.8 Å². The summed E-state index contributed by atoms with van der Waals surface area (Å²) in [6, 6.07) is 13.5. The number of aromatic nitrogens is 6. The number of amides is 1. The molecule has 2 aromatic carbocycles. The monoisotopic (exact) mass is 620 g/mol. The summed E-state index contributed by atoms with van der Waals surface area (Å²) in [7, 11) is 0. The standard InChI is InChI=1S/C34H30F2N8O2/c1-33(2,3)34-15-21(17-43(34)32(45)46)42(18-34)20-4-5-23(26(36)14-20)27-10-13-38-31-28(22-6-7-25(35)30-24(22)16-39-40-30)29(41-44(27)31)19-8-11-37-12-9-19/h4-14,16,21H,15,17-18H2,1-3H3,(H,39,40)(H,45,46)/t21-,34+/m0/s1. The maximum absolute atomic E-state index is 16.2. The van der Waals surface area contributed by atoms with Crippen LogP contribution in [0.4, 0.5) is 19.3 Å². The maximum atomic E-state index is 16.2. The number of piperazine rings is 1. The highest BCUT2D eigenvalue weighted by atomic mass is 19.1. The van der Waals surface area contributed by atoms with Crippen LogP contribution in [0, 0.1) is 17.0 Å². The summed E-state index contributed by atoms with van der Waals surface area (Å²) in [4.78, 5) is 24.6. The molecule has 0 saturated carbocycles. The number of fused-ring (bicyclic) bond motifs is 4. The van der Waals surface area contributed by atoms with Crippen LogP contribution in [0.25, 0.3) is 50.2 Å². The van der Waals surface area contributed by atoms with Gasteiger partial charge in [0.1, 0.15) is 22.8 Å². The number of carboxylic acid groups (broad SMARTS) is 1. The van der Waals surface area contributed by atoms with Gasteiger partial charge in [0, 0.05) is 59.9 Å². The zero-order valence-corrected chi connectivity index (χ0v) is 25.4. The summed E-state index contributed by atoms with van der Waals surface area (Å²) in [5.74, 6) is -0.863. The number of nitrogens with zero attached hydrogens (tertiary/aromatic N) is 7. The number of aromatic amines is 1. The topological polar surface area (TPSA) is 116 Å². The van der Waals surface area contributed by atoms with E-state index in [1.807, 2.05) is 18.2 Å².